The van der Waals surface area contributed by atoms with E-state index in [1.54, 1.807) is 13.0 Å². The first-order chi connectivity index (χ1) is 17.2. The lowest BCUT2D eigenvalue weighted by Gasteiger charge is -2.25. The smallest absolute Gasteiger partial charge is 0.497 e. The molecule has 2 aromatic carbocycles. The van der Waals surface area contributed by atoms with Crippen molar-refractivity contribution in [2.45, 2.75) is 23.8 Å². The largest absolute Gasteiger partial charge is 0.573 e. The van der Waals surface area contributed by atoms with Gasteiger partial charge in [-0.05, 0) is 53.2 Å². The SMILES string of the molecule is COc1ccc(S(=O)(=O)N2C(=O)C(O)(c3cc(C)ccc3OC)c3cc(Br)cnc32)c(OC(F)(F)F)c1. The fourth-order valence-corrected chi connectivity index (χ4v) is 5.78. The number of carbonyl (C=O) groups excluding carboxylic acids is 1. The zero-order chi connectivity index (χ0) is 27.3. The van der Waals surface area contributed by atoms with E-state index in [-0.39, 0.29) is 26.9 Å². The summed E-state index contributed by atoms with van der Waals surface area (Å²) in [6.45, 7) is 1.68. The Bertz CT molecular complexity index is 1510. The van der Waals surface area contributed by atoms with Gasteiger partial charge in [0.2, 0.25) is 5.60 Å². The van der Waals surface area contributed by atoms with Crippen molar-refractivity contribution in [2.24, 2.45) is 0 Å². The number of hydrogen-bond donors (Lipinski definition) is 1. The Morgan fingerprint density at radius 3 is 2.35 bits per heavy atom. The van der Waals surface area contributed by atoms with Gasteiger partial charge in [-0.1, -0.05) is 11.6 Å². The first-order valence-corrected chi connectivity index (χ1v) is 12.5. The number of methoxy groups -OCH3 is 2. The molecule has 1 aromatic heterocycles. The maximum absolute atomic E-state index is 13.8. The van der Waals surface area contributed by atoms with E-state index in [0.717, 1.165) is 19.2 Å². The topological polar surface area (TPSA) is 115 Å². The zero-order valence-corrected chi connectivity index (χ0v) is 21.7. The lowest BCUT2D eigenvalue weighted by molar-refractivity contribution is -0.275. The van der Waals surface area contributed by atoms with Crippen LogP contribution in [0.4, 0.5) is 19.0 Å². The average Bonchev–Trinajstić information content (AvgIpc) is 3.05. The number of sulfonamides is 1. The second kappa shape index (κ2) is 9.19. The minimum absolute atomic E-state index is 0.0668. The Morgan fingerprint density at radius 1 is 1.03 bits per heavy atom. The Labute approximate surface area is 217 Å². The van der Waals surface area contributed by atoms with E-state index >= 15 is 0 Å². The highest BCUT2D eigenvalue weighted by atomic mass is 79.9. The van der Waals surface area contributed by atoms with Crippen LogP contribution in [-0.2, 0) is 20.4 Å². The summed E-state index contributed by atoms with van der Waals surface area (Å²) in [5.41, 5.74) is -2.32. The van der Waals surface area contributed by atoms with E-state index in [2.05, 4.69) is 25.7 Å². The van der Waals surface area contributed by atoms with Crippen LogP contribution in [0.5, 0.6) is 17.2 Å². The number of rotatable bonds is 6. The number of amides is 1. The summed E-state index contributed by atoms with van der Waals surface area (Å²) in [4.78, 5) is 16.8. The molecule has 0 spiro atoms. The average molecular weight is 603 g/mol. The molecule has 1 unspecified atom stereocenters. The molecule has 9 nitrogen and oxygen atoms in total. The molecule has 14 heteroatoms. The van der Waals surface area contributed by atoms with Crippen LogP contribution in [0.3, 0.4) is 0 Å². The monoisotopic (exact) mass is 602 g/mol. The number of ether oxygens (including phenoxy) is 3. The van der Waals surface area contributed by atoms with Crippen LogP contribution in [-0.4, -0.2) is 45.0 Å². The van der Waals surface area contributed by atoms with Gasteiger partial charge in [-0.2, -0.15) is 4.31 Å². The third-order valence-electron chi connectivity index (χ3n) is 5.55. The molecule has 4 rings (SSSR count). The lowest BCUT2D eigenvalue weighted by atomic mass is 9.87. The third kappa shape index (κ3) is 4.49. The van der Waals surface area contributed by atoms with Crippen molar-refractivity contribution in [3.8, 4) is 17.2 Å². The standard InChI is InChI=1S/C23H18BrF3N2O7S/c1-12-4-6-17(35-3)15(8-12)22(31)16-9-13(24)11-28-20(16)29(21(22)30)37(32,33)19-7-5-14(34-2)10-18(19)36-23(25,26)27/h4-11,31H,1-3H3. The second-order valence-electron chi connectivity index (χ2n) is 7.87. The maximum Gasteiger partial charge on any atom is 0.573 e. The molecule has 0 aliphatic carbocycles. The maximum atomic E-state index is 13.8. The van der Waals surface area contributed by atoms with Gasteiger partial charge < -0.3 is 19.3 Å². The Balaban J connectivity index is 1.98. The third-order valence-corrected chi connectivity index (χ3v) is 7.70. The zero-order valence-electron chi connectivity index (χ0n) is 19.3. The number of fused-ring (bicyclic) bond motifs is 1. The fourth-order valence-electron chi connectivity index (χ4n) is 3.94. The quantitative estimate of drug-likeness (QED) is 0.449. The van der Waals surface area contributed by atoms with Crippen molar-refractivity contribution in [1.82, 2.24) is 4.98 Å². The van der Waals surface area contributed by atoms with Gasteiger partial charge in [0.05, 0.1) is 14.2 Å². The molecule has 1 N–H and O–H groups in total. The van der Waals surface area contributed by atoms with E-state index in [1.807, 2.05) is 0 Å². The highest BCUT2D eigenvalue weighted by Crippen LogP contribution is 2.49. The van der Waals surface area contributed by atoms with Gasteiger partial charge >= 0.3 is 6.36 Å². The number of hydrogen-bond acceptors (Lipinski definition) is 8. The van der Waals surface area contributed by atoms with Crippen molar-refractivity contribution >= 4 is 37.7 Å². The van der Waals surface area contributed by atoms with E-state index in [4.69, 9.17) is 9.47 Å². The van der Waals surface area contributed by atoms with Gasteiger partial charge in [-0.15, -0.1) is 13.2 Å². The fraction of sp³-hybridized carbons (Fsp3) is 0.217. The van der Waals surface area contributed by atoms with Crippen LogP contribution in [0.1, 0.15) is 16.7 Å². The molecule has 1 amide bonds. The van der Waals surface area contributed by atoms with Crippen LogP contribution in [0.2, 0.25) is 0 Å². The Hall–Kier alpha value is -3.36. The van der Waals surface area contributed by atoms with Gasteiger partial charge in [0, 0.05) is 27.9 Å². The van der Waals surface area contributed by atoms with Crippen molar-refractivity contribution in [2.75, 3.05) is 18.5 Å². The number of aliphatic hydroxyl groups is 1. The predicted octanol–water partition coefficient (Wildman–Crippen LogP) is 4.04. The number of aromatic nitrogens is 1. The Kier molecular flexibility index (Phi) is 6.63. The summed E-state index contributed by atoms with van der Waals surface area (Å²) in [7, 11) is -2.67. The molecule has 1 aliphatic heterocycles. The van der Waals surface area contributed by atoms with Crippen LogP contribution in [0.25, 0.3) is 0 Å². The number of anilines is 1. The number of carbonyl (C=O) groups is 1. The Morgan fingerprint density at radius 2 is 1.73 bits per heavy atom. The highest BCUT2D eigenvalue weighted by molar-refractivity contribution is 9.10. The number of pyridine rings is 1. The van der Waals surface area contributed by atoms with E-state index in [9.17, 15) is 31.5 Å². The van der Waals surface area contributed by atoms with Crippen molar-refractivity contribution in [3.05, 3.63) is 69.8 Å². The molecular weight excluding hydrogens is 585 g/mol. The van der Waals surface area contributed by atoms with Gasteiger partial charge in [-0.25, -0.2) is 13.4 Å². The van der Waals surface area contributed by atoms with Crippen molar-refractivity contribution in [3.63, 3.8) is 0 Å². The first-order valence-electron chi connectivity index (χ1n) is 10.3. The number of halogens is 4. The summed E-state index contributed by atoms with van der Waals surface area (Å²) in [6.07, 6.45) is -4.09. The summed E-state index contributed by atoms with van der Waals surface area (Å²) in [5, 5.41) is 11.8. The normalized spacial score (nSPS) is 17.5. The van der Waals surface area contributed by atoms with E-state index in [0.29, 0.717) is 16.1 Å². The molecule has 0 radical (unpaired) electrons. The lowest BCUT2D eigenvalue weighted by Crippen LogP contribution is -2.44. The van der Waals surface area contributed by atoms with E-state index < -0.39 is 44.4 Å². The summed E-state index contributed by atoms with van der Waals surface area (Å²) in [5.74, 6) is -3.10. The molecule has 1 aliphatic rings. The molecule has 0 fully saturated rings. The molecule has 1 atom stereocenters. The molecule has 0 saturated heterocycles. The van der Waals surface area contributed by atoms with Crippen LogP contribution < -0.4 is 18.5 Å². The second-order valence-corrected chi connectivity index (χ2v) is 10.5. The number of nitrogens with zero attached hydrogens (tertiary/aromatic N) is 2. The summed E-state index contributed by atoms with van der Waals surface area (Å²) in [6, 6.07) is 8.46. The molecule has 3 aromatic rings. The number of alkyl halides is 3. The molecule has 196 valence electrons. The minimum atomic E-state index is -5.26. The predicted molar refractivity (Wildman–Crippen MR) is 127 cm³/mol. The van der Waals surface area contributed by atoms with E-state index in [1.165, 1.54) is 31.5 Å². The number of aryl methyl sites for hydroxylation is 1. The van der Waals surface area contributed by atoms with Crippen molar-refractivity contribution < 1.29 is 45.7 Å². The molecule has 37 heavy (non-hydrogen) atoms. The highest BCUT2D eigenvalue weighted by Gasteiger charge is 2.58. The molecule has 0 saturated carbocycles. The van der Waals surface area contributed by atoms with Crippen molar-refractivity contribution in [1.29, 1.82) is 0 Å². The van der Waals surface area contributed by atoms with Gasteiger partial charge in [0.25, 0.3) is 15.9 Å². The molecular formula is C23H18BrF3N2O7S. The van der Waals surface area contributed by atoms with Crippen LogP contribution >= 0.6 is 15.9 Å². The summed E-state index contributed by atoms with van der Waals surface area (Å²) >= 11 is 3.19. The molecule has 2 heterocycles. The van der Waals surface area contributed by atoms with Gasteiger partial charge in [0.15, 0.2) is 11.6 Å². The summed E-state index contributed by atoms with van der Waals surface area (Å²) < 4.78 is 81.5. The minimum Gasteiger partial charge on any atom is -0.497 e. The molecule has 0 bridgehead atoms. The number of benzene rings is 2. The van der Waals surface area contributed by atoms with Gasteiger partial charge in [0.1, 0.15) is 16.4 Å². The van der Waals surface area contributed by atoms with Gasteiger partial charge in [-0.3, -0.25) is 4.79 Å². The van der Waals surface area contributed by atoms with Crippen LogP contribution in [0.15, 0.2) is 58.0 Å². The first kappa shape index (κ1) is 26.7. The van der Waals surface area contributed by atoms with Crippen LogP contribution in [0, 0.1) is 6.92 Å².